The number of fused-ring (bicyclic) bond motifs is 3. The standard InChI is InChI=1S/C23H25NO/c1-3-4-8-16(2)17-13-14-21(24-15-17)20-11-7-10-19-18-9-5-6-12-22(18)25-23(19)20/h5-7,9-12,15-16H,3-4,8,13-14H2,1-2H3/i13D,14D,16D. The smallest absolute Gasteiger partial charge is 0.144 e. The number of furan rings is 1. The molecule has 25 heavy (non-hydrogen) atoms. The summed E-state index contributed by atoms with van der Waals surface area (Å²) in [6, 6.07) is 13.8. The van der Waals surface area contributed by atoms with E-state index in [1.54, 1.807) is 6.20 Å². The van der Waals surface area contributed by atoms with Crippen LogP contribution in [0.5, 0.6) is 0 Å². The summed E-state index contributed by atoms with van der Waals surface area (Å²) < 4.78 is 32.1. The highest BCUT2D eigenvalue weighted by Gasteiger charge is 2.18. The van der Waals surface area contributed by atoms with E-state index in [1.807, 2.05) is 49.4 Å². The van der Waals surface area contributed by atoms with Crippen molar-refractivity contribution in [1.82, 2.24) is 0 Å². The zero-order chi connectivity index (χ0) is 19.9. The molecule has 0 spiro atoms. The van der Waals surface area contributed by atoms with Crippen LogP contribution in [0.3, 0.4) is 0 Å². The van der Waals surface area contributed by atoms with Crippen LogP contribution in [-0.4, -0.2) is 5.71 Å². The van der Waals surface area contributed by atoms with E-state index in [1.165, 1.54) is 0 Å². The molecule has 4 rings (SSSR count). The molecule has 0 bridgehead atoms. The minimum atomic E-state index is -0.859. The first kappa shape index (κ1) is 12.9. The lowest BCUT2D eigenvalue weighted by molar-refractivity contribution is 0.553. The van der Waals surface area contributed by atoms with Gasteiger partial charge < -0.3 is 4.42 Å². The summed E-state index contributed by atoms with van der Waals surface area (Å²) in [6.07, 6.45) is 2.64. The normalized spacial score (nSPS) is 25.0. The van der Waals surface area contributed by atoms with Gasteiger partial charge in [-0.1, -0.05) is 57.0 Å². The van der Waals surface area contributed by atoms with E-state index >= 15 is 0 Å². The number of rotatable bonds is 5. The molecule has 0 N–H and O–H groups in total. The number of allylic oxidation sites excluding steroid dienone is 1. The van der Waals surface area contributed by atoms with Gasteiger partial charge in [0.1, 0.15) is 11.2 Å². The van der Waals surface area contributed by atoms with Gasteiger partial charge in [0.05, 0.1) is 5.71 Å². The van der Waals surface area contributed by atoms with E-state index in [0.717, 1.165) is 34.8 Å². The zero-order valence-corrected chi connectivity index (χ0v) is 14.8. The molecule has 0 fully saturated rings. The maximum atomic E-state index is 8.69. The number of para-hydroxylation sites is 2. The summed E-state index contributed by atoms with van der Waals surface area (Å²) in [7, 11) is 0. The van der Waals surface area contributed by atoms with Crippen molar-refractivity contribution in [2.45, 2.75) is 45.9 Å². The number of hydrogen-bond donors (Lipinski definition) is 0. The Balaban J connectivity index is 1.81. The third-order valence-electron chi connectivity index (χ3n) is 4.84. The van der Waals surface area contributed by atoms with Crippen molar-refractivity contribution in [2.75, 3.05) is 0 Å². The van der Waals surface area contributed by atoms with Crippen LogP contribution in [0.4, 0.5) is 0 Å². The maximum Gasteiger partial charge on any atom is 0.144 e. The van der Waals surface area contributed by atoms with Crippen LogP contribution in [-0.2, 0) is 0 Å². The Kier molecular flexibility index (Phi) is 3.56. The molecule has 2 nitrogen and oxygen atoms in total. The van der Waals surface area contributed by atoms with Crippen molar-refractivity contribution < 1.29 is 8.53 Å². The highest BCUT2D eigenvalue weighted by molar-refractivity contribution is 6.15. The molecule has 128 valence electrons. The van der Waals surface area contributed by atoms with Gasteiger partial charge in [0, 0.05) is 26.6 Å². The number of nitrogens with zero attached hydrogens (tertiary/aromatic N) is 1. The monoisotopic (exact) mass is 334 g/mol. The molecule has 1 aromatic heterocycles. The molecule has 1 aliphatic rings. The van der Waals surface area contributed by atoms with Crippen molar-refractivity contribution in [2.24, 2.45) is 10.9 Å². The second-order valence-electron chi connectivity index (χ2n) is 6.60. The molecule has 0 radical (unpaired) electrons. The van der Waals surface area contributed by atoms with E-state index in [2.05, 4.69) is 11.9 Å². The van der Waals surface area contributed by atoms with Crippen LogP contribution >= 0.6 is 0 Å². The highest BCUT2D eigenvalue weighted by Crippen LogP contribution is 2.33. The van der Waals surface area contributed by atoms with E-state index in [9.17, 15) is 0 Å². The minimum Gasteiger partial charge on any atom is -0.455 e. The molecule has 0 saturated heterocycles. The average Bonchev–Trinajstić information content (AvgIpc) is 3.07. The number of unbranched alkanes of at least 4 members (excludes halogenated alkanes) is 1. The van der Waals surface area contributed by atoms with Crippen LogP contribution in [0, 0.1) is 5.89 Å². The van der Waals surface area contributed by atoms with Crippen molar-refractivity contribution in [3.63, 3.8) is 0 Å². The lowest BCUT2D eigenvalue weighted by atomic mass is 9.89. The average molecular weight is 334 g/mol. The third kappa shape index (κ3) is 3.02. The fourth-order valence-electron chi connectivity index (χ4n) is 3.34. The lowest BCUT2D eigenvalue weighted by Crippen LogP contribution is -2.09. The van der Waals surface area contributed by atoms with Crippen LogP contribution in [0.25, 0.3) is 21.9 Å². The Morgan fingerprint density at radius 2 is 2.00 bits per heavy atom. The first-order valence-electron chi connectivity index (χ1n) is 10.6. The van der Waals surface area contributed by atoms with E-state index in [4.69, 9.17) is 8.53 Å². The van der Waals surface area contributed by atoms with Gasteiger partial charge in [0.25, 0.3) is 0 Å². The largest absolute Gasteiger partial charge is 0.455 e. The molecule has 2 heteroatoms. The van der Waals surface area contributed by atoms with E-state index in [-0.39, 0.29) is 0 Å². The van der Waals surface area contributed by atoms with Crippen molar-refractivity contribution in [1.29, 1.82) is 0 Å². The fourth-order valence-corrected chi connectivity index (χ4v) is 3.34. The molecular formula is C23H25NO. The zero-order valence-electron chi connectivity index (χ0n) is 17.8. The predicted molar refractivity (Wildman–Crippen MR) is 106 cm³/mol. The number of hydrogen-bond acceptors (Lipinski definition) is 2. The first-order valence-corrected chi connectivity index (χ1v) is 8.97. The first-order chi connectivity index (χ1) is 13.4. The third-order valence-corrected chi connectivity index (χ3v) is 4.84. The van der Waals surface area contributed by atoms with Gasteiger partial charge in [-0.05, 0) is 42.8 Å². The van der Waals surface area contributed by atoms with Crippen molar-refractivity contribution >= 4 is 27.7 Å². The Labute approximate surface area is 153 Å². The molecule has 3 unspecified atom stereocenters. The Morgan fingerprint density at radius 1 is 1.16 bits per heavy atom. The Morgan fingerprint density at radius 3 is 2.88 bits per heavy atom. The van der Waals surface area contributed by atoms with Crippen molar-refractivity contribution in [3.8, 4) is 0 Å². The Hall–Kier alpha value is -2.35. The van der Waals surface area contributed by atoms with Gasteiger partial charge in [-0.25, -0.2) is 0 Å². The summed E-state index contributed by atoms with van der Waals surface area (Å²) in [4.78, 5) is 4.57. The van der Waals surface area contributed by atoms with Gasteiger partial charge in [-0.2, -0.15) is 0 Å². The van der Waals surface area contributed by atoms with Gasteiger partial charge >= 0.3 is 0 Å². The highest BCUT2D eigenvalue weighted by atomic mass is 16.3. The number of aliphatic imine (C=N–C) groups is 1. The molecule has 0 aliphatic carbocycles. The van der Waals surface area contributed by atoms with Crippen LogP contribution in [0.15, 0.2) is 63.6 Å². The molecule has 3 atom stereocenters. The molecule has 2 heterocycles. The van der Waals surface area contributed by atoms with Crippen molar-refractivity contribution in [3.05, 3.63) is 59.8 Å². The molecular weight excluding hydrogens is 306 g/mol. The second-order valence-corrected chi connectivity index (χ2v) is 6.60. The SMILES string of the molecule is [2H]C1C(C([2H])(C)CCCC)=CN=C(c2cccc3c2oc2ccccc23)C1[2H]. The minimum absolute atomic E-state index is 0.541. The lowest BCUT2D eigenvalue weighted by Gasteiger charge is -2.19. The molecule has 1 aliphatic heterocycles. The molecule has 2 aromatic carbocycles. The van der Waals surface area contributed by atoms with E-state index in [0.29, 0.717) is 23.3 Å². The number of benzene rings is 2. The molecule has 0 amide bonds. The Bertz CT molecular complexity index is 1080. The summed E-state index contributed by atoms with van der Waals surface area (Å²) in [5.41, 5.74) is 3.45. The fraction of sp³-hybridized carbons (Fsp3) is 0.348. The van der Waals surface area contributed by atoms with Gasteiger partial charge in [0.2, 0.25) is 0 Å². The van der Waals surface area contributed by atoms with Crippen LogP contribution in [0.1, 0.15) is 55.6 Å². The summed E-state index contributed by atoms with van der Waals surface area (Å²) in [5, 5.41) is 2.03. The molecule has 0 saturated carbocycles. The predicted octanol–water partition coefficient (Wildman–Crippen LogP) is 6.88. The maximum absolute atomic E-state index is 8.69. The van der Waals surface area contributed by atoms with E-state index < -0.39 is 18.7 Å². The van der Waals surface area contributed by atoms with Crippen LogP contribution in [0.2, 0.25) is 0 Å². The molecule has 3 aromatic rings. The second kappa shape index (κ2) is 6.87. The van der Waals surface area contributed by atoms with Gasteiger partial charge in [-0.15, -0.1) is 0 Å². The quantitative estimate of drug-likeness (QED) is 0.499. The summed E-state index contributed by atoms with van der Waals surface area (Å²) in [6.45, 7) is 3.93. The summed E-state index contributed by atoms with van der Waals surface area (Å²) >= 11 is 0. The van der Waals surface area contributed by atoms with Crippen LogP contribution < -0.4 is 0 Å². The topological polar surface area (TPSA) is 25.5 Å². The van der Waals surface area contributed by atoms with Gasteiger partial charge in [-0.3, -0.25) is 4.99 Å². The summed E-state index contributed by atoms with van der Waals surface area (Å²) in [5.74, 6) is -0.859. The van der Waals surface area contributed by atoms with Gasteiger partial charge in [0.15, 0.2) is 0 Å².